The van der Waals surface area contributed by atoms with E-state index < -0.39 is 23.4 Å². The van der Waals surface area contributed by atoms with Gasteiger partial charge in [0.05, 0.1) is 11.1 Å². The Kier molecular flexibility index (Phi) is 5.36. The van der Waals surface area contributed by atoms with Crippen LogP contribution < -0.4 is 4.57 Å². The Hall–Kier alpha value is -4.07. The van der Waals surface area contributed by atoms with Gasteiger partial charge in [0.1, 0.15) is 16.9 Å². The maximum absolute atomic E-state index is 14.1. The minimum Gasteiger partial charge on any atom is -0.333 e. The molecule has 0 radical (unpaired) electrons. The van der Waals surface area contributed by atoms with Crippen molar-refractivity contribution in [3.8, 4) is 22.5 Å². The van der Waals surface area contributed by atoms with Gasteiger partial charge in [-0.3, -0.25) is 0 Å². The van der Waals surface area contributed by atoms with Gasteiger partial charge in [-0.25, -0.2) is 13.8 Å². The summed E-state index contributed by atoms with van der Waals surface area (Å²) in [6.45, 7) is 0.534. The normalized spacial score (nSPS) is 11.8. The van der Waals surface area contributed by atoms with Gasteiger partial charge in [0.25, 0.3) is 0 Å². The summed E-state index contributed by atoms with van der Waals surface area (Å²) >= 11 is 0. The Labute approximate surface area is 191 Å². The fraction of sp³-hybridized carbons (Fsp3) is 0.0769. The number of hydrogen-bond acceptors (Lipinski definition) is 1. The van der Waals surface area contributed by atoms with E-state index in [0.29, 0.717) is 23.1 Å². The Balaban J connectivity index is 1.35. The molecule has 5 rings (SSSR count). The molecule has 3 nitrogen and oxygen atoms in total. The summed E-state index contributed by atoms with van der Waals surface area (Å²) in [7, 11) is 0. The van der Waals surface area contributed by atoms with Crippen LogP contribution in [0.15, 0.2) is 85.2 Å². The van der Waals surface area contributed by atoms with Gasteiger partial charge in [0, 0.05) is 11.6 Å². The maximum atomic E-state index is 14.1. The van der Waals surface area contributed by atoms with E-state index in [2.05, 4.69) is 9.97 Å². The van der Waals surface area contributed by atoms with Crippen molar-refractivity contribution >= 4 is 11.0 Å². The van der Waals surface area contributed by atoms with Crippen LogP contribution in [0, 0.1) is 11.6 Å². The van der Waals surface area contributed by atoms with E-state index in [4.69, 9.17) is 0 Å². The second-order valence-electron chi connectivity index (χ2n) is 7.87. The van der Waals surface area contributed by atoms with Crippen LogP contribution in [0.3, 0.4) is 0 Å². The number of imidazole rings is 1. The molecule has 0 atom stereocenters. The summed E-state index contributed by atoms with van der Waals surface area (Å²) < 4.78 is 67.9. The van der Waals surface area contributed by atoms with Gasteiger partial charge in [-0.2, -0.15) is 17.7 Å². The molecule has 34 heavy (non-hydrogen) atoms. The Morgan fingerprint density at radius 2 is 1.50 bits per heavy atom. The number of nitrogens with zero attached hydrogens (tertiary/aromatic N) is 2. The Morgan fingerprint density at radius 3 is 2.18 bits per heavy atom. The van der Waals surface area contributed by atoms with Crippen LogP contribution in [0.5, 0.6) is 0 Å². The van der Waals surface area contributed by atoms with Crippen LogP contribution in [0.1, 0.15) is 11.1 Å². The van der Waals surface area contributed by atoms with E-state index in [1.807, 2.05) is 41.2 Å². The fourth-order valence-electron chi connectivity index (χ4n) is 3.78. The van der Waals surface area contributed by atoms with Crippen molar-refractivity contribution < 1.29 is 26.5 Å². The van der Waals surface area contributed by atoms with E-state index in [9.17, 15) is 22.0 Å². The molecule has 2 heterocycles. The van der Waals surface area contributed by atoms with E-state index in [0.717, 1.165) is 29.3 Å². The van der Waals surface area contributed by atoms with Gasteiger partial charge in [-0.05, 0) is 35.4 Å². The quantitative estimate of drug-likeness (QED) is 0.237. The minimum atomic E-state index is -4.36. The van der Waals surface area contributed by atoms with Crippen molar-refractivity contribution in [2.45, 2.75) is 12.7 Å². The van der Waals surface area contributed by atoms with Crippen molar-refractivity contribution in [1.29, 1.82) is 0 Å². The summed E-state index contributed by atoms with van der Waals surface area (Å²) in [4.78, 5) is 7.39. The number of H-pyrrole nitrogens is 1. The summed E-state index contributed by atoms with van der Waals surface area (Å²) in [5.74, 6) is -1.65. The third kappa shape index (κ3) is 4.26. The lowest BCUT2D eigenvalue weighted by Gasteiger charge is -2.08. The minimum absolute atomic E-state index is 0.0570. The van der Waals surface area contributed by atoms with Crippen LogP contribution in [-0.2, 0) is 12.7 Å². The van der Waals surface area contributed by atoms with Crippen LogP contribution in [0.2, 0.25) is 0 Å². The number of hydrogen-bond donors (Lipinski definition) is 1. The summed E-state index contributed by atoms with van der Waals surface area (Å²) in [5.41, 5.74) is 3.16. The van der Waals surface area contributed by atoms with Gasteiger partial charge < -0.3 is 4.98 Å². The first-order valence-electron chi connectivity index (χ1n) is 10.4. The summed E-state index contributed by atoms with van der Waals surface area (Å²) in [6, 6.07) is 18.3. The lowest BCUT2D eigenvalue weighted by atomic mass is 10.0. The van der Waals surface area contributed by atoms with Crippen molar-refractivity contribution in [2.75, 3.05) is 0 Å². The molecule has 0 bridgehead atoms. The van der Waals surface area contributed by atoms with Gasteiger partial charge in [0.15, 0.2) is 30.6 Å². The van der Waals surface area contributed by atoms with Crippen LogP contribution in [-0.4, -0.2) is 9.97 Å². The molecular weight excluding hydrogens is 449 g/mol. The molecule has 0 aliphatic rings. The second kappa shape index (κ2) is 8.37. The third-order valence-corrected chi connectivity index (χ3v) is 5.55. The second-order valence-corrected chi connectivity index (χ2v) is 7.87. The zero-order chi connectivity index (χ0) is 23.9. The molecule has 0 fully saturated rings. The van der Waals surface area contributed by atoms with Gasteiger partial charge in [-0.15, -0.1) is 0 Å². The summed E-state index contributed by atoms with van der Waals surface area (Å²) in [6.07, 6.45) is -0.701. The number of alkyl halides is 3. The lowest BCUT2D eigenvalue weighted by molar-refractivity contribution is -0.687. The molecule has 5 aromatic rings. The van der Waals surface area contributed by atoms with Gasteiger partial charge in [-0.1, -0.05) is 42.5 Å². The topological polar surface area (TPSA) is 32.6 Å². The average Bonchev–Trinajstić information content (AvgIpc) is 3.24. The number of aromatic amines is 1. The fourth-order valence-corrected chi connectivity index (χ4v) is 3.78. The molecule has 0 aliphatic carbocycles. The van der Waals surface area contributed by atoms with Crippen molar-refractivity contribution in [1.82, 2.24) is 9.97 Å². The molecule has 2 aromatic heterocycles. The van der Waals surface area contributed by atoms with Crippen LogP contribution in [0.25, 0.3) is 33.5 Å². The molecule has 0 saturated carbocycles. The summed E-state index contributed by atoms with van der Waals surface area (Å²) in [5, 5.41) is 0. The number of aromatic nitrogens is 3. The molecule has 170 valence electrons. The largest absolute Gasteiger partial charge is 0.416 e. The van der Waals surface area contributed by atoms with Crippen molar-refractivity contribution in [2.24, 2.45) is 0 Å². The zero-order valence-electron chi connectivity index (χ0n) is 17.6. The monoisotopic (exact) mass is 466 g/mol. The molecule has 3 aromatic carbocycles. The Morgan fingerprint density at radius 1 is 0.824 bits per heavy atom. The SMILES string of the molecule is Fc1cccc(-c2nc3cc[n+](Cc4ccc(-c5ccc(C(F)(F)F)cc5)cc4)cc3[nH]2)c1F. The molecule has 0 saturated heterocycles. The molecule has 0 aliphatic heterocycles. The number of pyridine rings is 1. The zero-order valence-corrected chi connectivity index (χ0v) is 17.6. The molecule has 1 N–H and O–H groups in total. The number of halogens is 5. The predicted molar refractivity (Wildman–Crippen MR) is 118 cm³/mol. The lowest BCUT2D eigenvalue weighted by Crippen LogP contribution is -2.33. The highest BCUT2D eigenvalue weighted by molar-refractivity contribution is 5.77. The van der Waals surface area contributed by atoms with E-state index in [1.54, 1.807) is 6.07 Å². The van der Waals surface area contributed by atoms with Crippen molar-refractivity contribution in [3.05, 3.63) is 108 Å². The van der Waals surface area contributed by atoms with E-state index >= 15 is 0 Å². The maximum Gasteiger partial charge on any atom is 0.416 e. The first-order valence-corrected chi connectivity index (χ1v) is 10.4. The molecule has 8 heteroatoms. The smallest absolute Gasteiger partial charge is 0.333 e. The highest BCUT2D eigenvalue weighted by Crippen LogP contribution is 2.31. The third-order valence-electron chi connectivity index (χ3n) is 5.55. The number of rotatable bonds is 4. The van der Waals surface area contributed by atoms with Gasteiger partial charge in [0.2, 0.25) is 0 Å². The standard InChI is InChI=1S/C26H16F5N3/c27-21-3-1-2-20(24(21)28)25-32-22-12-13-34(15-23(22)33-25)14-16-4-6-17(7-5-16)18-8-10-19(11-9-18)26(29,30)31/h1-13,15H,14H2/p+1. The highest BCUT2D eigenvalue weighted by Gasteiger charge is 2.30. The number of benzene rings is 3. The molecule has 0 amide bonds. The molecule has 0 spiro atoms. The van der Waals surface area contributed by atoms with Crippen molar-refractivity contribution in [3.63, 3.8) is 0 Å². The first-order chi connectivity index (χ1) is 16.3. The van der Waals surface area contributed by atoms with Crippen LogP contribution >= 0.6 is 0 Å². The van der Waals surface area contributed by atoms with Gasteiger partial charge >= 0.3 is 6.18 Å². The van der Waals surface area contributed by atoms with Crippen LogP contribution in [0.4, 0.5) is 22.0 Å². The van der Waals surface area contributed by atoms with E-state index in [-0.39, 0.29) is 11.4 Å². The highest BCUT2D eigenvalue weighted by atomic mass is 19.4. The molecule has 0 unspecified atom stereocenters. The Bertz CT molecular complexity index is 1470. The average molecular weight is 466 g/mol. The number of nitrogens with one attached hydrogen (secondary N) is 1. The van der Waals surface area contributed by atoms with E-state index in [1.165, 1.54) is 24.3 Å². The first kappa shape index (κ1) is 21.8. The number of fused-ring (bicyclic) bond motifs is 1. The predicted octanol–water partition coefficient (Wildman–Crippen LogP) is 6.53. The molecular formula is C26H17F5N3+.